The van der Waals surface area contributed by atoms with Crippen molar-refractivity contribution in [3.63, 3.8) is 0 Å². The van der Waals surface area contributed by atoms with Gasteiger partial charge in [-0.1, -0.05) is 0 Å². The van der Waals surface area contributed by atoms with Gasteiger partial charge in [-0.2, -0.15) is 5.10 Å². The van der Waals surface area contributed by atoms with Gasteiger partial charge in [0.1, 0.15) is 5.75 Å². The molecule has 6 nitrogen and oxygen atoms in total. The number of nitrogens with one attached hydrogen (secondary N) is 2. The van der Waals surface area contributed by atoms with E-state index in [0.29, 0.717) is 12.0 Å². The normalized spacial score (nSPS) is 21.6. The van der Waals surface area contributed by atoms with Crippen molar-refractivity contribution in [3.05, 3.63) is 36.0 Å². The van der Waals surface area contributed by atoms with Crippen molar-refractivity contribution in [2.75, 3.05) is 40.0 Å². The Morgan fingerprint density at radius 1 is 1.30 bits per heavy atom. The van der Waals surface area contributed by atoms with E-state index in [1.54, 1.807) is 7.11 Å². The molecule has 2 aliphatic heterocycles. The molecule has 3 heterocycles. The van der Waals surface area contributed by atoms with Gasteiger partial charge in [0.05, 0.1) is 25.6 Å². The fourth-order valence-electron chi connectivity index (χ4n) is 4.33. The average molecular weight is 370 g/mol. The molecule has 0 saturated carbocycles. The van der Waals surface area contributed by atoms with Gasteiger partial charge in [-0.05, 0) is 56.6 Å². The van der Waals surface area contributed by atoms with Crippen LogP contribution in [0.3, 0.4) is 0 Å². The number of aromatic nitrogens is 2. The Kier molecular flexibility index (Phi) is 6.07. The quantitative estimate of drug-likeness (QED) is 0.748. The fourth-order valence-corrected chi connectivity index (χ4v) is 4.33. The van der Waals surface area contributed by atoms with Crippen molar-refractivity contribution in [1.82, 2.24) is 20.4 Å². The highest BCUT2D eigenvalue weighted by atomic mass is 16.5. The molecule has 0 bridgehead atoms. The zero-order valence-corrected chi connectivity index (χ0v) is 16.1. The van der Waals surface area contributed by atoms with Crippen LogP contribution in [0.4, 0.5) is 0 Å². The number of aromatic amines is 1. The topological polar surface area (TPSA) is 62.4 Å². The van der Waals surface area contributed by atoms with Crippen molar-refractivity contribution in [2.24, 2.45) is 5.92 Å². The van der Waals surface area contributed by atoms with E-state index in [4.69, 9.17) is 9.47 Å². The van der Waals surface area contributed by atoms with Crippen LogP contribution in [0.25, 0.3) is 11.3 Å². The molecular formula is C21H30N4O2. The number of methoxy groups -OCH3 is 1. The summed E-state index contributed by atoms with van der Waals surface area (Å²) < 4.78 is 10.9. The van der Waals surface area contributed by atoms with Crippen molar-refractivity contribution < 1.29 is 9.47 Å². The van der Waals surface area contributed by atoms with E-state index in [1.807, 2.05) is 18.3 Å². The first-order valence-corrected chi connectivity index (χ1v) is 10.0. The second-order valence-electron chi connectivity index (χ2n) is 7.56. The van der Waals surface area contributed by atoms with E-state index >= 15 is 0 Å². The van der Waals surface area contributed by atoms with Gasteiger partial charge in [-0.3, -0.25) is 10.00 Å². The molecule has 27 heavy (non-hydrogen) atoms. The highest BCUT2D eigenvalue weighted by Crippen LogP contribution is 2.25. The Morgan fingerprint density at radius 3 is 2.81 bits per heavy atom. The maximum Gasteiger partial charge on any atom is 0.118 e. The summed E-state index contributed by atoms with van der Waals surface area (Å²) in [6.45, 7) is 6.10. The standard InChI is InChI=1S/C21H30N4O2/c1-26-19-6-4-16(5-7-19)21-18(13-23-24-21)12-22-14-20(17-8-11-27-15-17)25-9-2-3-10-25/h4-7,13,17,20,22H,2-3,8-12,14-15H2,1H3,(H,23,24). The smallest absolute Gasteiger partial charge is 0.118 e. The van der Waals surface area contributed by atoms with E-state index in [1.165, 1.54) is 37.9 Å². The van der Waals surface area contributed by atoms with Gasteiger partial charge < -0.3 is 14.8 Å². The first-order chi connectivity index (χ1) is 13.3. The first-order valence-electron chi connectivity index (χ1n) is 10.0. The van der Waals surface area contributed by atoms with Gasteiger partial charge in [0.15, 0.2) is 0 Å². The summed E-state index contributed by atoms with van der Waals surface area (Å²) in [5, 5.41) is 11.1. The zero-order valence-electron chi connectivity index (χ0n) is 16.1. The van der Waals surface area contributed by atoms with E-state index in [2.05, 4.69) is 32.5 Å². The summed E-state index contributed by atoms with van der Waals surface area (Å²) in [7, 11) is 1.69. The summed E-state index contributed by atoms with van der Waals surface area (Å²) in [5.41, 5.74) is 3.40. The summed E-state index contributed by atoms with van der Waals surface area (Å²) in [5.74, 6) is 1.52. The molecule has 0 amide bonds. The number of hydrogen-bond acceptors (Lipinski definition) is 5. The first kappa shape index (κ1) is 18.5. The highest BCUT2D eigenvalue weighted by Gasteiger charge is 2.31. The molecule has 6 heteroatoms. The molecule has 0 radical (unpaired) electrons. The van der Waals surface area contributed by atoms with Crippen LogP contribution in [0, 0.1) is 5.92 Å². The Bertz CT molecular complexity index is 687. The van der Waals surface area contributed by atoms with Crippen LogP contribution in [-0.2, 0) is 11.3 Å². The monoisotopic (exact) mass is 370 g/mol. The zero-order chi connectivity index (χ0) is 18.5. The summed E-state index contributed by atoms with van der Waals surface area (Å²) >= 11 is 0. The number of benzene rings is 1. The van der Waals surface area contributed by atoms with Crippen LogP contribution >= 0.6 is 0 Å². The van der Waals surface area contributed by atoms with Gasteiger partial charge in [0, 0.05) is 42.8 Å². The Morgan fingerprint density at radius 2 is 2.11 bits per heavy atom. The molecule has 2 aromatic rings. The van der Waals surface area contributed by atoms with Gasteiger partial charge in [-0.15, -0.1) is 0 Å². The third-order valence-electron chi connectivity index (χ3n) is 5.88. The minimum Gasteiger partial charge on any atom is -0.497 e. The molecule has 1 aromatic carbocycles. The van der Waals surface area contributed by atoms with Crippen molar-refractivity contribution in [2.45, 2.75) is 31.8 Å². The molecule has 2 unspecified atom stereocenters. The highest BCUT2D eigenvalue weighted by molar-refractivity contribution is 5.63. The maximum atomic E-state index is 5.67. The lowest BCUT2D eigenvalue weighted by molar-refractivity contribution is 0.134. The molecule has 0 spiro atoms. The summed E-state index contributed by atoms with van der Waals surface area (Å²) in [6.07, 6.45) is 5.77. The van der Waals surface area contributed by atoms with Gasteiger partial charge in [0.25, 0.3) is 0 Å². The third kappa shape index (κ3) is 4.34. The number of hydrogen-bond donors (Lipinski definition) is 2. The number of likely N-dealkylation sites (tertiary alicyclic amines) is 1. The van der Waals surface area contributed by atoms with Gasteiger partial charge in [0.2, 0.25) is 0 Å². The fraction of sp³-hybridized carbons (Fsp3) is 0.571. The lowest BCUT2D eigenvalue weighted by Crippen LogP contribution is -2.45. The molecule has 0 aliphatic carbocycles. The van der Waals surface area contributed by atoms with Crippen LogP contribution in [0.15, 0.2) is 30.5 Å². The van der Waals surface area contributed by atoms with Crippen LogP contribution in [0.2, 0.25) is 0 Å². The summed E-state index contributed by atoms with van der Waals surface area (Å²) in [4.78, 5) is 2.66. The molecule has 1 aromatic heterocycles. The molecule has 2 N–H and O–H groups in total. The summed E-state index contributed by atoms with van der Waals surface area (Å²) in [6, 6.07) is 8.68. The third-order valence-corrected chi connectivity index (χ3v) is 5.88. The van der Waals surface area contributed by atoms with E-state index < -0.39 is 0 Å². The van der Waals surface area contributed by atoms with Crippen LogP contribution in [0.5, 0.6) is 5.75 Å². The number of nitrogens with zero attached hydrogens (tertiary/aromatic N) is 2. The van der Waals surface area contributed by atoms with Crippen LogP contribution < -0.4 is 10.1 Å². The molecule has 4 rings (SSSR count). The Balaban J connectivity index is 1.38. The lowest BCUT2D eigenvalue weighted by Gasteiger charge is -2.32. The second-order valence-corrected chi connectivity index (χ2v) is 7.56. The number of ether oxygens (including phenoxy) is 2. The second kappa shape index (κ2) is 8.87. The minimum atomic E-state index is 0.575. The van der Waals surface area contributed by atoms with Gasteiger partial charge >= 0.3 is 0 Å². The largest absolute Gasteiger partial charge is 0.497 e. The predicted molar refractivity (Wildman–Crippen MR) is 106 cm³/mol. The van der Waals surface area contributed by atoms with Gasteiger partial charge in [-0.25, -0.2) is 0 Å². The van der Waals surface area contributed by atoms with Crippen LogP contribution in [-0.4, -0.2) is 61.1 Å². The predicted octanol–water partition coefficient (Wildman–Crippen LogP) is 2.68. The number of rotatable bonds is 8. The van der Waals surface area contributed by atoms with Crippen molar-refractivity contribution in [1.29, 1.82) is 0 Å². The average Bonchev–Trinajstić information content (AvgIpc) is 3.48. The molecule has 2 fully saturated rings. The molecule has 2 aliphatic rings. The lowest BCUT2D eigenvalue weighted by atomic mass is 9.97. The maximum absolute atomic E-state index is 5.67. The van der Waals surface area contributed by atoms with Crippen LogP contribution in [0.1, 0.15) is 24.8 Å². The SMILES string of the molecule is COc1ccc(-c2[nH]ncc2CNCC(C2CCOC2)N2CCCC2)cc1. The Hall–Kier alpha value is -1.89. The molecule has 146 valence electrons. The molecular weight excluding hydrogens is 340 g/mol. The minimum absolute atomic E-state index is 0.575. The van der Waals surface area contributed by atoms with E-state index in [9.17, 15) is 0 Å². The van der Waals surface area contributed by atoms with E-state index in [0.717, 1.165) is 43.3 Å². The van der Waals surface area contributed by atoms with Crippen molar-refractivity contribution in [3.8, 4) is 17.0 Å². The van der Waals surface area contributed by atoms with E-state index in [-0.39, 0.29) is 0 Å². The van der Waals surface area contributed by atoms with Crippen molar-refractivity contribution >= 4 is 0 Å². The Labute approximate surface area is 161 Å². The number of H-pyrrole nitrogens is 1. The molecule has 2 saturated heterocycles. The molecule has 2 atom stereocenters.